The monoisotopic (exact) mass is 713 g/mol. The molecule has 0 spiro atoms. The molecule has 1 N–H and O–H groups in total. The predicted octanol–water partition coefficient (Wildman–Crippen LogP) is 7.95. The summed E-state index contributed by atoms with van der Waals surface area (Å²) in [4.78, 5) is 25.1. The van der Waals surface area contributed by atoms with Gasteiger partial charge < -0.3 is 19.5 Å². The van der Waals surface area contributed by atoms with Crippen molar-refractivity contribution in [2.75, 3.05) is 33.4 Å². The number of ether oxygens (including phenoxy) is 2. The van der Waals surface area contributed by atoms with Crippen LogP contribution >= 0.6 is 0 Å². The number of carbonyl (C=O) groups is 1. The van der Waals surface area contributed by atoms with E-state index in [9.17, 15) is 9.90 Å². The molecular weight excluding hydrogens is 651 g/mol. The number of carboxylic acid groups (broad SMARTS) is 1. The predicted molar refractivity (Wildman–Crippen MR) is 201 cm³/mol. The lowest BCUT2D eigenvalue weighted by molar-refractivity contribution is -0.251. The molecule has 0 aromatic carbocycles. The van der Waals surface area contributed by atoms with Crippen LogP contribution in [0.2, 0.25) is 0 Å². The third kappa shape index (κ3) is 5.03. The number of hydrogen-bond donors (Lipinski definition) is 1. The zero-order chi connectivity index (χ0) is 36.8. The van der Waals surface area contributed by atoms with E-state index in [1.807, 2.05) is 24.5 Å². The Bertz CT molecular complexity index is 1690. The second kappa shape index (κ2) is 12.7. The molecule has 2 saturated heterocycles. The van der Waals surface area contributed by atoms with E-state index in [1.165, 1.54) is 6.42 Å². The second-order valence-corrected chi connectivity index (χ2v) is 19.4. The quantitative estimate of drug-likeness (QED) is 0.275. The van der Waals surface area contributed by atoms with Gasteiger partial charge in [0, 0.05) is 34.8 Å². The molecule has 4 heterocycles. The van der Waals surface area contributed by atoms with Crippen LogP contribution in [0.5, 0.6) is 0 Å². The summed E-state index contributed by atoms with van der Waals surface area (Å²) in [5.74, 6) is 1.31. The number of rotatable bonds is 8. The zero-order valence-corrected chi connectivity index (χ0v) is 33.0. The molecule has 2 bridgehead atoms. The second-order valence-electron chi connectivity index (χ2n) is 19.4. The van der Waals surface area contributed by atoms with E-state index in [0.29, 0.717) is 49.5 Å². The topological polar surface area (TPSA) is 103 Å². The lowest BCUT2D eigenvalue weighted by Gasteiger charge is -2.71. The molecule has 0 amide bonds. The van der Waals surface area contributed by atoms with Crippen molar-refractivity contribution in [1.82, 2.24) is 24.6 Å². The van der Waals surface area contributed by atoms with Gasteiger partial charge in [-0.05, 0) is 117 Å². The maximum Gasteiger partial charge on any atom is 0.307 e. The molecule has 5 fully saturated rings. The van der Waals surface area contributed by atoms with Crippen molar-refractivity contribution >= 4 is 5.97 Å². The number of nitrogens with zero attached hydrogens (tertiary/aromatic N) is 5. The number of carboxylic acids is 1. The molecule has 52 heavy (non-hydrogen) atoms. The van der Waals surface area contributed by atoms with Crippen LogP contribution < -0.4 is 0 Å². The Labute approximate surface area is 311 Å². The highest BCUT2D eigenvalue weighted by molar-refractivity contribution is 5.73. The van der Waals surface area contributed by atoms with E-state index in [0.717, 1.165) is 62.9 Å². The lowest BCUT2D eigenvalue weighted by Crippen LogP contribution is -2.69. The largest absolute Gasteiger partial charge is 0.481 e. The summed E-state index contributed by atoms with van der Waals surface area (Å²) in [6, 6.07) is 4.44. The number of aliphatic carboxylic acids is 1. The van der Waals surface area contributed by atoms with Gasteiger partial charge in [-0.25, -0.2) is 9.67 Å². The summed E-state index contributed by atoms with van der Waals surface area (Å²) in [6.07, 6.45) is 16.1. The number of likely N-dealkylation sites (N-methyl/N-ethyl adjacent to an activating group) is 1. The molecule has 6 aliphatic rings. The van der Waals surface area contributed by atoms with Crippen LogP contribution in [0.4, 0.5) is 0 Å². The third-order valence-electron chi connectivity index (χ3n) is 17.1. The number of likely N-dealkylation sites (tertiary alicyclic amines) is 1. The van der Waals surface area contributed by atoms with Crippen molar-refractivity contribution in [3.8, 4) is 11.4 Å². The fourth-order valence-corrected chi connectivity index (χ4v) is 13.7. The first kappa shape index (κ1) is 36.4. The molecule has 9 heteroatoms. The molecule has 4 aliphatic carbocycles. The highest BCUT2D eigenvalue weighted by Gasteiger charge is 2.72. The minimum atomic E-state index is -0.610. The maximum absolute atomic E-state index is 13.6. The van der Waals surface area contributed by atoms with Crippen LogP contribution in [0.25, 0.3) is 11.4 Å². The molecule has 12 atom stereocenters. The van der Waals surface area contributed by atoms with Gasteiger partial charge >= 0.3 is 5.97 Å². The third-order valence-corrected chi connectivity index (χ3v) is 17.1. The van der Waals surface area contributed by atoms with Crippen molar-refractivity contribution in [3.05, 3.63) is 42.5 Å². The van der Waals surface area contributed by atoms with E-state index in [1.54, 1.807) is 11.9 Å². The zero-order valence-electron chi connectivity index (χ0n) is 33.0. The fraction of sp³-hybridized carbons (Fsp3) is 0.767. The summed E-state index contributed by atoms with van der Waals surface area (Å²) in [6.45, 7) is 19.6. The number of pyridine rings is 1. The molecule has 284 valence electrons. The highest BCUT2D eigenvalue weighted by atomic mass is 16.5. The Morgan fingerprint density at radius 2 is 1.83 bits per heavy atom. The Kier molecular flexibility index (Phi) is 8.90. The molecule has 8 rings (SSSR count). The molecule has 2 aromatic heterocycles. The Morgan fingerprint density at radius 1 is 1.06 bits per heavy atom. The lowest BCUT2D eigenvalue weighted by atomic mass is 9.34. The summed E-state index contributed by atoms with van der Waals surface area (Å²) >= 11 is 0. The van der Waals surface area contributed by atoms with Gasteiger partial charge in [-0.15, -0.1) is 0 Å². The van der Waals surface area contributed by atoms with Crippen LogP contribution in [0.1, 0.15) is 106 Å². The van der Waals surface area contributed by atoms with E-state index in [-0.39, 0.29) is 39.2 Å². The minimum Gasteiger partial charge on any atom is -0.481 e. The normalized spacial score (nSPS) is 43.7. The van der Waals surface area contributed by atoms with E-state index in [4.69, 9.17) is 19.6 Å². The molecule has 0 radical (unpaired) electrons. The van der Waals surface area contributed by atoms with Crippen molar-refractivity contribution in [2.24, 2.45) is 56.7 Å². The molecule has 3 saturated carbocycles. The number of fused-ring (bicyclic) bond motifs is 3. The van der Waals surface area contributed by atoms with Gasteiger partial charge in [0.2, 0.25) is 0 Å². The molecule has 0 unspecified atom stereocenters. The van der Waals surface area contributed by atoms with Gasteiger partial charge in [-0.1, -0.05) is 60.1 Å². The Balaban J connectivity index is 1.23. The van der Waals surface area contributed by atoms with Crippen LogP contribution in [0.15, 0.2) is 42.5 Å². The fourth-order valence-electron chi connectivity index (χ4n) is 13.7. The van der Waals surface area contributed by atoms with Gasteiger partial charge in [0.25, 0.3) is 0 Å². The average Bonchev–Trinajstić information content (AvgIpc) is 3.77. The smallest absolute Gasteiger partial charge is 0.307 e. The van der Waals surface area contributed by atoms with Gasteiger partial charge in [0.1, 0.15) is 6.33 Å². The van der Waals surface area contributed by atoms with Gasteiger partial charge in [0.05, 0.1) is 37.9 Å². The standard InChI is InChI=1S/C43H63N5O4/c1-27(2)28(3)39(4)17-18-41(6)31-11-12-34-40(5)24-51-25-43(34,32(31)13-16-42(41,7)35(39)38(49)50)22-33(36(40)52-23-30-10-9-21-47(30)8)48-37(45-26-46-48)29-14-19-44-20-15-29/h13-15,19-20,26-28,30-31,33-36H,9-12,16-18,21-25H2,1-8H3,(H,49,50)/t28-,30+,31+,33-,34+,35-,36+,39-,40-,41-,42+,43+/m1/s1. The SMILES string of the molecule is CC(C)[C@@H](C)[C@@]1(C)CC[C@]2(C)[C@H]3CC[C@@H]4[C@@]5(COC[C@@]4(C)[C@@H](OC[C@@H]4CCCN4C)[C@H](n4ncnc4-c4ccncc4)C5)C3=CC[C@@]2(C)[C@@H]1C(=O)O. The molecule has 2 aliphatic heterocycles. The van der Waals surface area contributed by atoms with Crippen LogP contribution in [0.3, 0.4) is 0 Å². The van der Waals surface area contributed by atoms with Gasteiger partial charge in [-0.2, -0.15) is 5.10 Å². The van der Waals surface area contributed by atoms with E-state index in [2.05, 4.69) is 76.2 Å². The summed E-state index contributed by atoms with van der Waals surface area (Å²) in [5.41, 5.74) is 1.41. The van der Waals surface area contributed by atoms with Crippen molar-refractivity contribution in [1.29, 1.82) is 0 Å². The first-order valence-electron chi connectivity index (χ1n) is 20.3. The number of aromatic nitrogens is 4. The molecular formula is C43H63N5O4. The van der Waals surface area contributed by atoms with Crippen molar-refractivity contribution in [3.63, 3.8) is 0 Å². The van der Waals surface area contributed by atoms with E-state index >= 15 is 0 Å². The van der Waals surface area contributed by atoms with Crippen LogP contribution in [0, 0.1) is 56.7 Å². The minimum absolute atomic E-state index is 0.0309. The Hall–Kier alpha value is -2.62. The maximum atomic E-state index is 13.6. The highest BCUT2D eigenvalue weighted by Crippen LogP contribution is 2.75. The van der Waals surface area contributed by atoms with Crippen LogP contribution in [-0.4, -0.2) is 81.3 Å². The van der Waals surface area contributed by atoms with Crippen LogP contribution in [-0.2, 0) is 14.3 Å². The average molecular weight is 714 g/mol. The van der Waals surface area contributed by atoms with Gasteiger partial charge in [-0.3, -0.25) is 9.78 Å². The molecule has 2 aromatic rings. The summed E-state index contributed by atoms with van der Waals surface area (Å²) in [5, 5.41) is 16.1. The molecule has 9 nitrogen and oxygen atoms in total. The first-order chi connectivity index (χ1) is 24.7. The summed E-state index contributed by atoms with van der Waals surface area (Å²) in [7, 11) is 2.23. The van der Waals surface area contributed by atoms with Crippen molar-refractivity contribution < 1.29 is 19.4 Å². The Morgan fingerprint density at radius 3 is 2.52 bits per heavy atom. The number of allylic oxidation sites excluding steroid dienone is 1. The summed E-state index contributed by atoms with van der Waals surface area (Å²) < 4.78 is 16.3. The van der Waals surface area contributed by atoms with Gasteiger partial charge in [0.15, 0.2) is 5.82 Å². The number of hydrogen-bond acceptors (Lipinski definition) is 7. The van der Waals surface area contributed by atoms with Crippen molar-refractivity contribution in [2.45, 2.75) is 118 Å². The van der Waals surface area contributed by atoms with E-state index < -0.39 is 11.9 Å². The first-order valence-corrected chi connectivity index (χ1v) is 20.3.